The molecule has 0 amide bonds. The van der Waals surface area contributed by atoms with Crippen LogP contribution >= 0.6 is 0 Å². The van der Waals surface area contributed by atoms with Gasteiger partial charge in [0.25, 0.3) is 0 Å². The zero-order chi connectivity index (χ0) is 48.1. The van der Waals surface area contributed by atoms with Gasteiger partial charge in [0, 0.05) is 19.3 Å². The van der Waals surface area contributed by atoms with E-state index in [1.807, 2.05) is 0 Å². The third-order valence-corrected chi connectivity index (χ3v) is 13.8. The second-order valence-electron chi connectivity index (χ2n) is 21.1. The zero-order valence-electron chi connectivity index (χ0n) is 45.2. The number of unbranched alkanes of at least 4 members (excludes halogenated alkanes) is 42. The molecule has 1 atom stereocenters. The highest BCUT2D eigenvalue weighted by molar-refractivity contribution is 5.71. The summed E-state index contributed by atoms with van der Waals surface area (Å²) in [6.07, 6.45) is 59.6. The SMILES string of the molecule is CCCCCCCCCCCCCCCCCCCCC(=O)OC[C@@H](COC(=O)CCCCCCCCCCC)OC(=O)CCCCCCCCCCCCCCCCCCCCC(C)C. The highest BCUT2D eigenvalue weighted by Crippen LogP contribution is 2.18. The third kappa shape index (κ3) is 53.4. The number of hydrogen-bond acceptors (Lipinski definition) is 6. The standard InChI is InChI=1S/C60H116O6/c1-5-7-9-11-13-15-16-17-18-19-23-26-29-32-36-40-44-48-52-59(62)65-55-57(54-64-58(61)51-47-43-39-34-14-12-10-8-6-2)66-60(63)53-49-45-41-37-33-30-27-24-21-20-22-25-28-31-35-38-42-46-50-56(3)4/h56-57H,5-55H2,1-4H3/t57-/m1/s1. The van der Waals surface area contributed by atoms with Crippen molar-refractivity contribution >= 4 is 17.9 Å². The minimum atomic E-state index is -0.761. The van der Waals surface area contributed by atoms with Gasteiger partial charge in [-0.1, -0.05) is 304 Å². The van der Waals surface area contributed by atoms with E-state index < -0.39 is 6.10 Å². The lowest BCUT2D eigenvalue weighted by Crippen LogP contribution is -2.30. The van der Waals surface area contributed by atoms with Gasteiger partial charge in [-0.05, 0) is 25.2 Å². The van der Waals surface area contributed by atoms with Crippen molar-refractivity contribution in [2.24, 2.45) is 5.92 Å². The number of rotatable bonds is 55. The second-order valence-corrected chi connectivity index (χ2v) is 21.1. The lowest BCUT2D eigenvalue weighted by atomic mass is 10.0. The highest BCUT2D eigenvalue weighted by atomic mass is 16.6. The molecule has 0 aliphatic heterocycles. The summed E-state index contributed by atoms with van der Waals surface area (Å²) in [6, 6.07) is 0. The summed E-state index contributed by atoms with van der Waals surface area (Å²) in [5, 5.41) is 0. The first kappa shape index (κ1) is 64.4. The molecule has 0 aliphatic carbocycles. The van der Waals surface area contributed by atoms with Gasteiger partial charge in [-0.15, -0.1) is 0 Å². The Kier molecular flexibility index (Phi) is 53.0. The van der Waals surface area contributed by atoms with Crippen molar-refractivity contribution in [2.75, 3.05) is 13.2 Å². The normalized spacial score (nSPS) is 12.0. The van der Waals surface area contributed by atoms with Gasteiger partial charge >= 0.3 is 17.9 Å². The average molecular weight is 934 g/mol. The monoisotopic (exact) mass is 933 g/mol. The molecule has 0 aromatic rings. The van der Waals surface area contributed by atoms with E-state index in [2.05, 4.69) is 27.7 Å². The van der Waals surface area contributed by atoms with E-state index in [1.54, 1.807) is 0 Å². The first-order chi connectivity index (χ1) is 32.4. The maximum atomic E-state index is 12.8. The van der Waals surface area contributed by atoms with Crippen molar-refractivity contribution in [3.8, 4) is 0 Å². The van der Waals surface area contributed by atoms with Gasteiger partial charge < -0.3 is 14.2 Å². The molecular formula is C60H116O6. The molecule has 0 heterocycles. The van der Waals surface area contributed by atoms with Crippen molar-refractivity contribution < 1.29 is 28.6 Å². The molecule has 0 fully saturated rings. The number of ether oxygens (including phenoxy) is 3. The number of hydrogen-bond donors (Lipinski definition) is 0. The molecule has 0 saturated heterocycles. The summed E-state index contributed by atoms with van der Waals surface area (Å²) in [7, 11) is 0. The Morgan fingerprint density at radius 1 is 0.288 bits per heavy atom. The first-order valence-corrected chi connectivity index (χ1v) is 29.9. The van der Waals surface area contributed by atoms with Crippen LogP contribution in [0, 0.1) is 5.92 Å². The Hall–Kier alpha value is -1.59. The van der Waals surface area contributed by atoms with Crippen LogP contribution < -0.4 is 0 Å². The second kappa shape index (κ2) is 54.4. The van der Waals surface area contributed by atoms with Crippen LogP contribution in [-0.4, -0.2) is 37.2 Å². The average Bonchev–Trinajstić information content (AvgIpc) is 3.30. The van der Waals surface area contributed by atoms with E-state index in [0.29, 0.717) is 19.3 Å². The summed E-state index contributed by atoms with van der Waals surface area (Å²) < 4.78 is 16.9. The predicted molar refractivity (Wildman–Crippen MR) is 284 cm³/mol. The van der Waals surface area contributed by atoms with Crippen molar-refractivity contribution in [1.82, 2.24) is 0 Å². The molecule has 0 spiro atoms. The van der Waals surface area contributed by atoms with E-state index in [9.17, 15) is 14.4 Å². The molecule has 66 heavy (non-hydrogen) atoms. The fourth-order valence-corrected chi connectivity index (χ4v) is 9.28. The molecule has 6 nitrogen and oxygen atoms in total. The van der Waals surface area contributed by atoms with Crippen LogP contribution in [0.3, 0.4) is 0 Å². The Morgan fingerprint density at radius 3 is 0.742 bits per heavy atom. The Morgan fingerprint density at radius 2 is 0.500 bits per heavy atom. The number of carbonyl (C=O) groups is 3. The number of carbonyl (C=O) groups excluding carboxylic acids is 3. The maximum absolute atomic E-state index is 12.8. The zero-order valence-corrected chi connectivity index (χ0v) is 45.2. The topological polar surface area (TPSA) is 78.9 Å². The van der Waals surface area contributed by atoms with Crippen LogP contribution in [-0.2, 0) is 28.6 Å². The molecule has 0 radical (unpaired) electrons. The van der Waals surface area contributed by atoms with Gasteiger partial charge in [-0.25, -0.2) is 0 Å². The molecule has 0 unspecified atom stereocenters. The molecule has 0 aromatic heterocycles. The Labute approximate surface area is 412 Å². The van der Waals surface area contributed by atoms with Crippen LogP contribution in [0.2, 0.25) is 0 Å². The molecule has 0 aliphatic rings. The Balaban J connectivity index is 4.18. The summed E-state index contributed by atoms with van der Waals surface area (Å²) in [5.74, 6) is 0.0215. The summed E-state index contributed by atoms with van der Waals surface area (Å²) in [5.41, 5.74) is 0. The van der Waals surface area contributed by atoms with Gasteiger partial charge in [0.05, 0.1) is 0 Å². The van der Waals surface area contributed by atoms with Gasteiger partial charge in [-0.2, -0.15) is 0 Å². The summed E-state index contributed by atoms with van der Waals surface area (Å²) in [6.45, 7) is 9.06. The largest absolute Gasteiger partial charge is 0.462 e. The molecule has 0 N–H and O–H groups in total. The van der Waals surface area contributed by atoms with E-state index in [1.165, 1.54) is 238 Å². The maximum Gasteiger partial charge on any atom is 0.306 e. The highest BCUT2D eigenvalue weighted by Gasteiger charge is 2.19. The summed E-state index contributed by atoms with van der Waals surface area (Å²) in [4.78, 5) is 38.1. The van der Waals surface area contributed by atoms with Crippen molar-refractivity contribution in [3.63, 3.8) is 0 Å². The van der Waals surface area contributed by atoms with E-state index in [-0.39, 0.29) is 31.1 Å². The van der Waals surface area contributed by atoms with Crippen LogP contribution in [0.4, 0.5) is 0 Å². The van der Waals surface area contributed by atoms with Gasteiger partial charge in [0.1, 0.15) is 13.2 Å². The minimum Gasteiger partial charge on any atom is -0.462 e. The van der Waals surface area contributed by atoms with Gasteiger partial charge in [0.2, 0.25) is 0 Å². The van der Waals surface area contributed by atoms with E-state index >= 15 is 0 Å². The van der Waals surface area contributed by atoms with Crippen LogP contribution in [0.25, 0.3) is 0 Å². The van der Waals surface area contributed by atoms with Crippen LogP contribution in [0.1, 0.15) is 342 Å². The molecule has 0 bridgehead atoms. The van der Waals surface area contributed by atoms with Gasteiger partial charge in [0.15, 0.2) is 6.10 Å². The molecule has 0 rings (SSSR count). The molecule has 0 saturated carbocycles. The first-order valence-electron chi connectivity index (χ1n) is 29.9. The molecule has 0 aromatic carbocycles. The molecule has 392 valence electrons. The smallest absolute Gasteiger partial charge is 0.306 e. The van der Waals surface area contributed by atoms with E-state index in [4.69, 9.17) is 14.2 Å². The summed E-state index contributed by atoms with van der Waals surface area (Å²) >= 11 is 0. The lowest BCUT2D eigenvalue weighted by molar-refractivity contribution is -0.167. The quantitative estimate of drug-likeness (QED) is 0.0343. The fourth-order valence-electron chi connectivity index (χ4n) is 9.28. The van der Waals surface area contributed by atoms with Crippen molar-refractivity contribution in [3.05, 3.63) is 0 Å². The van der Waals surface area contributed by atoms with Crippen molar-refractivity contribution in [1.29, 1.82) is 0 Å². The fraction of sp³-hybridized carbons (Fsp3) is 0.950. The van der Waals surface area contributed by atoms with Crippen molar-refractivity contribution in [2.45, 2.75) is 348 Å². The van der Waals surface area contributed by atoms with E-state index in [0.717, 1.165) is 63.7 Å². The van der Waals surface area contributed by atoms with Gasteiger partial charge in [-0.3, -0.25) is 14.4 Å². The minimum absolute atomic E-state index is 0.0618. The third-order valence-electron chi connectivity index (χ3n) is 13.8. The lowest BCUT2D eigenvalue weighted by Gasteiger charge is -2.18. The Bertz CT molecular complexity index is 996. The molecular weight excluding hydrogens is 817 g/mol. The molecule has 6 heteroatoms. The van der Waals surface area contributed by atoms with Crippen LogP contribution in [0.15, 0.2) is 0 Å². The van der Waals surface area contributed by atoms with Crippen LogP contribution in [0.5, 0.6) is 0 Å². The number of esters is 3. The predicted octanol–water partition coefficient (Wildman–Crippen LogP) is 19.8.